The highest BCUT2D eigenvalue weighted by Crippen LogP contribution is 2.39. The molecule has 45 heavy (non-hydrogen) atoms. The monoisotopic (exact) mass is 687 g/mol. The van der Waals surface area contributed by atoms with Gasteiger partial charge < -0.3 is 19.5 Å². The van der Waals surface area contributed by atoms with E-state index >= 15 is 4.39 Å². The highest BCUT2D eigenvalue weighted by atomic mass is 79.9. The number of para-hydroxylation sites is 1. The molecule has 9 nitrogen and oxygen atoms in total. The SMILES string of the molecule is O=C(O)c1cn(C2CC2)c2cc(N3CCN(C(=O)N(c4ccccc4)c4nc(-c5ccc(Br)cc5)cs4)CC3)c(F)cc2c1=O. The number of urea groups is 1. The number of fused-ring (bicyclic) bond motifs is 1. The van der Waals surface area contributed by atoms with Crippen LogP contribution >= 0.6 is 27.3 Å². The minimum Gasteiger partial charge on any atom is -0.477 e. The number of nitrogens with zero attached hydrogens (tertiary/aromatic N) is 5. The Bertz CT molecular complexity index is 1990. The van der Waals surface area contributed by atoms with Gasteiger partial charge in [0.1, 0.15) is 11.4 Å². The van der Waals surface area contributed by atoms with Crippen molar-refractivity contribution >= 4 is 66.7 Å². The Hall–Kier alpha value is -4.55. The van der Waals surface area contributed by atoms with Crippen molar-refractivity contribution in [2.24, 2.45) is 0 Å². The Balaban J connectivity index is 1.15. The molecule has 0 bridgehead atoms. The number of carboxylic acids is 1. The fourth-order valence-electron chi connectivity index (χ4n) is 5.69. The fraction of sp³-hybridized carbons (Fsp3) is 0.212. The molecule has 2 aromatic heterocycles. The number of thiazole rings is 1. The van der Waals surface area contributed by atoms with Crippen LogP contribution in [0.5, 0.6) is 0 Å². The number of hydrogen-bond donors (Lipinski definition) is 1. The molecule has 1 aliphatic carbocycles. The van der Waals surface area contributed by atoms with Gasteiger partial charge in [-0.25, -0.2) is 23.9 Å². The summed E-state index contributed by atoms with van der Waals surface area (Å²) in [5.74, 6) is -1.92. The molecule has 2 amide bonds. The third kappa shape index (κ3) is 5.59. The van der Waals surface area contributed by atoms with E-state index in [-0.39, 0.29) is 23.0 Å². The molecule has 12 heteroatoms. The first-order chi connectivity index (χ1) is 21.8. The molecule has 2 fully saturated rings. The van der Waals surface area contributed by atoms with Crippen molar-refractivity contribution < 1.29 is 19.1 Å². The van der Waals surface area contributed by atoms with E-state index in [0.717, 1.165) is 34.6 Å². The van der Waals surface area contributed by atoms with E-state index in [4.69, 9.17) is 4.98 Å². The number of amides is 2. The Kier molecular flexibility index (Phi) is 7.62. The van der Waals surface area contributed by atoms with Gasteiger partial charge in [0.25, 0.3) is 0 Å². The first kappa shape index (κ1) is 29.2. The smallest absolute Gasteiger partial charge is 0.341 e. The Morgan fingerprint density at radius 3 is 2.38 bits per heavy atom. The third-order valence-electron chi connectivity index (χ3n) is 8.19. The van der Waals surface area contributed by atoms with Crippen LogP contribution in [0.15, 0.2) is 87.6 Å². The summed E-state index contributed by atoms with van der Waals surface area (Å²) in [6.45, 7) is 1.44. The number of anilines is 3. The van der Waals surface area contributed by atoms with E-state index in [1.54, 1.807) is 20.4 Å². The molecule has 0 unspecified atom stereocenters. The van der Waals surface area contributed by atoms with Crippen molar-refractivity contribution in [3.8, 4) is 11.3 Å². The molecule has 2 aliphatic rings. The van der Waals surface area contributed by atoms with Gasteiger partial charge in [0.05, 0.1) is 22.6 Å². The van der Waals surface area contributed by atoms with Gasteiger partial charge in [-0.3, -0.25) is 4.79 Å². The summed E-state index contributed by atoms with van der Waals surface area (Å²) in [4.78, 5) is 48.7. The summed E-state index contributed by atoms with van der Waals surface area (Å²) in [5, 5.41) is 12.1. The van der Waals surface area contributed by atoms with Crippen molar-refractivity contribution in [3.05, 3.63) is 104 Å². The lowest BCUT2D eigenvalue weighted by Crippen LogP contribution is -2.52. The maximum Gasteiger partial charge on any atom is 0.341 e. The number of carbonyl (C=O) groups excluding carboxylic acids is 1. The predicted molar refractivity (Wildman–Crippen MR) is 176 cm³/mol. The van der Waals surface area contributed by atoms with Crippen LogP contribution in [-0.2, 0) is 0 Å². The van der Waals surface area contributed by atoms with Crippen LogP contribution in [0, 0.1) is 5.82 Å². The lowest BCUT2D eigenvalue weighted by atomic mass is 10.1. The number of halogens is 2. The van der Waals surface area contributed by atoms with Crippen molar-refractivity contribution in [2.75, 3.05) is 36.0 Å². The van der Waals surface area contributed by atoms with E-state index in [9.17, 15) is 19.5 Å². The van der Waals surface area contributed by atoms with Crippen LogP contribution in [-0.4, -0.2) is 57.7 Å². The molecule has 7 rings (SSSR count). The molecule has 1 N–H and O–H groups in total. The zero-order valence-electron chi connectivity index (χ0n) is 23.9. The lowest BCUT2D eigenvalue weighted by molar-refractivity contribution is 0.0694. The summed E-state index contributed by atoms with van der Waals surface area (Å²) < 4.78 is 18.3. The number of hydrogen-bond acceptors (Lipinski definition) is 6. The van der Waals surface area contributed by atoms with Crippen molar-refractivity contribution in [3.63, 3.8) is 0 Å². The second-order valence-electron chi connectivity index (χ2n) is 11.1. The molecule has 1 saturated heterocycles. The number of pyridine rings is 1. The molecular weight excluding hydrogens is 661 g/mol. The summed E-state index contributed by atoms with van der Waals surface area (Å²) in [6.07, 6.45) is 3.11. The van der Waals surface area contributed by atoms with E-state index < -0.39 is 17.2 Å². The number of carbonyl (C=O) groups is 2. The second-order valence-corrected chi connectivity index (χ2v) is 12.8. The molecule has 228 valence electrons. The quantitative estimate of drug-likeness (QED) is 0.204. The number of aromatic nitrogens is 2. The first-order valence-electron chi connectivity index (χ1n) is 14.5. The number of piperazine rings is 1. The normalized spacial score (nSPS) is 15.0. The summed E-state index contributed by atoms with van der Waals surface area (Å²) in [5.41, 5.74) is 2.20. The van der Waals surface area contributed by atoms with Gasteiger partial charge in [-0.1, -0.05) is 46.3 Å². The average molecular weight is 689 g/mol. The van der Waals surface area contributed by atoms with Crippen molar-refractivity contribution in [1.82, 2.24) is 14.5 Å². The van der Waals surface area contributed by atoms with Gasteiger partial charge in [0.15, 0.2) is 5.13 Å². The molecule has 3 heterocycles. The number of benzene rings is 3. The number of rotatable bonds is 6. The Morgan fingerprint density at radius 2 is 1.71 bits per heavy atom. The minimum absolute atomic E-state index is 0.0568. The van der Waals surface area contributed by atoms with Gasteiger partial charge in [-0.15, -0.1) is 11.3 Å². The van der Waals surface area contributed by atoms with Crippen LogP contribution < -0.4 is 15.2 Å². The molecule has 0 spiro atoms. The van der Waals surface area contributed by atoms with Crippen LogP contribution in [0.4, 0.5) is 25.7 Å². The van der Waals surface area contributed by atoms with Gasteiger partial charge in [0, 0.05) is 59.2 Å². The van der Waals surface area contributed by atoms with Crippen LogP contribution in [0.2, 0.25) is 0 Å². The topological polar surface area (TPSA) is 99.0 Å². The van der Waals surface area contributed by atoms with E-state index in [1.165, 1.54) is 17.5 Å². The number of carboxylic acid groups (broad SMARTS) is 1. The summed E-state index contributed by atoms with van der Waals surface area (Å²) >= 11 is 4.85. The van der Waals surface area contributed by atoms with Crippen LogP contribution in [0.25, 0.3) is 22.2 Å². The molecular formula is C33H27BrFN5O4S. The Morgan fingerprint density at radius 1 is 1.00 bits per heavy atom. The molecule has 3 aromatic carbocycles. The minimum atomic E-state index is -1.33. The zero-order valence-corrected chi connectivity index (χ0v) is 26.3. The average Bonchev–Trinajstić information content (AvgIpc) is 3.79. The van der Waals surface area contributed by atoms with Crippen molar-refractivity contribution in [2.45, 2.75) is 18.9 Å². The molecule has 0 atom stereocenters. The summed E-state index contributed by atoms with van der Waals surface area (Å²) in [6, 6.07) is 19.9. The standard InChI is InChI=1S/C33H27BrFN5O4S/c34-21-8-6-20(7-9-21)27-19-45-32(36-27)40(23-4-2-1-3-5-23)33(44)38-14-12-37(13-15-38)29-17-28-24(16-26(29)35)30(41)25(31(42)43)18-39(28)22-10-11-22/h1-9,16-19,22H,10-15H2,(H,42,43). The van der Waals surface area contributed by atoms with E-state index in [2.05, 4.69) is 15.9 Å². The van der Waals surface area contributed by atoms with Crippen molar-refractivity contribution in [1.29, 1.82) is 0 Å². The highest BCUT2D eigenvalue weighted by Gasteiger charge is 2.31. The fourth-order valence-corrected chi connectivity index (χ4v) is 6.80. The highest BCUT2D eigenvalue weighted by molar-refractivity contribution is 9.10. The molecule has 1 aliphatic heterocycles. The Labute approximate surface area is 269 Å². The predicted octanol–water partition coefficient (Wildman–Crippen LogP) is 7.14. The maximum absolute atomic E-state index is 15.5. The van der Waals surface area contributed by atoms with Gasteiger partial charge in [-0.05, 0) is 49.2 Å². The molecule has 1 saturated carbocycles. The van der Waals surface area contributed by atoms with Gasteiger partial charge in [0.2, 0.25) is 5.43 Å². The van der Waals surface area contributed by atoms with E-state index in [0.29, 0.717) is 48.2 Å². The van der Waals surface area contributed by atoms with E-state index in [1.807, 2.05) is 64.9 Å². The third-order valence-corrected chi connectivity index (χ3v) is 9.55. The lowest BCUT2D eigenvalue weighted by Gasteiger charge is -2.38. The molecule has 5 aromatic rings. The van der Waals surface area contributed by atoms with Gasteiger partial charge in [-0.2, -0.15) is 0 Å². The van der Waals surface area contributed by atoms with Gasteiger partial charge >= 0.3 is 12.0 Å². The largest absolute Gasteiger partial charge is 0.477 e. The summed E-state index contributed by atoms with van der Waals surface area (Å²) in [7, 11) is 0. The second kappa shape index (κ2) is 11.8. The maximum atomic E-state index is 15.5. The first-order valence-corrected chi connectivity index (χ1v) is 16.2. The number of aromatic carboxylic acids is 1. The molecule has 0 radical (unpaired) electrons. The van der Waals surface area contributed by atoms with Crippen LogP contribution in [0.1, 0.15) is 29.2 Å². The van der Waals surface area contributed by atoms with Crippen LogP contribution in [0.3, 0.4) is 0 Å². The zero-order chi connectivity index (χ0) is 31.2.